The molecule has 2 N–H and O–H groups in total. The third-order valence-corrected chi connectivity index (χ3v) is 7.36. The summed E-state index contributed by atoms with van der Waals surface area (Å²) in [6, 6.07) is 9.17. The molecule has 1 aromatic carbocycles. The molecular formula is C22H21N3O4S2. The van der Waals surface area contributed by atoms with E-state index >= 15 is 0 Å². The summed E-state index contributed by atoms with van der Waals surface area (Å²) >= 11 is 3.14. The molecule has 2 aliphatic rings. The number of carbonyl (C=O) groups is 2. The van der Waals surface area contributed by atoms with Gasteiger partial charge in [0.05, 0.1) is 11.6 Å². The number of nitrogens with one attached hydrogen (secondary N) is 2. The molecule has 0 radical (unpaired) electrons. The number of amides is 2. The van der Waals surface area contributed by atoms with Crippen LogP contribution in [0.5, 0.6) is 11.5 Å². The molecule has 2 amide bonds. The van der Waals surface area contributed by atoms with Gasteiger partial charge in [-0.2, -0.15) is 0 Å². The van der Waals surface area contributed by atoms with E-state index in [1.54, 1.807) is 29.5 Å². The zero-order chi connectivity index (χ0) is 21.2. The Bertz CT molecular complexity index is 1110. The zero-order valence-electron chi connectivity index (χ0n) is 16.7. The maximum absolute atomic E-state index is 12.8. The van der Waals surface area contributed by atoms with Crippen LogP contribution in [0.2, 0.25) is 0 Å². The number of benzene rings is 1. The molecule has 3 aromatic rings. The van der Waals surface area contributed by atoms with Gasteiger partial charge in [0.25, 0.3) is 5.91 Å². The highest BCUT2D eigenvalue weighted by Gasteiger charge is 2.30. The summed E-state index contributed by atoms with van der Waals surface area (Å²) in [7, 11) is 0. The van der Waals surface area contributed by atoms with Crippen LogP contribution < -0.4 is 20.1 Å². The fourth-order valence-electron chi connectivity index (χ4n) is 3.82. The van der Waals surface area contributed by atoms with E-state index in [2.05, 4.69) is 21.7 Å². The van der Waals surface area contributed by atoms with E-state index in [0.29, 0.717) is 28.7 Å². The van der Waals surface area contributed by atoms with E-state index in [1.165, 1.54) is 16.2 Å². The molecule has 0 saturated heterocycles. The van der Waals surface area contributed by atoms with Crippen molar-refractivity contribution in [2.45, 2.75) is 31.6 Å². The molecule has 1 unspecified atom stereocenters. The first-order chi connectivity index (χ1) is 15.2. The lowest BCUT2D eigenvalue weighted by Gasteiger charge is -2.20. The number of rotatable bonds is 6. The van der Waals surface area contributed by atoms with Crippen LogP contribution >= 0.6 is 22.7 Å². The highest BCUT2D eigenvalue weighted by atomic mass is 32.1. The molecule has 1 aliphatic heterocycles. The molecular weight excluding hydrogens is 434 g/mol. The van der Waals surface area contributed by atoms with Crippen LogP contribution in [0.25, 0.3) is 0 Å². The number of anilines is 1. The van der Waals surface area contributed by atoms with Gasteiger partial charge in [-0.1, -0.05) is 6.07 Å². The molecule has 160 valence electrons. The largest absolute Gasteiger partial charge is 0.454 e. The average Bonchev–Trinajstić information content (AvgIpc) is 3.52. The zero-order valence-corrected chi connectivity index (χ0v) is 18.3. The Labute approximate surface area is 187 Å². The average molecular weight is 456 g/mol. The van der Waals surface area contributed by atoms with Crippen LogP contribution in [0.3, 0.4) is 0 Å². The summed E-state index contributed by atoms with van der Waals surface area (Å²) < 4.78 is 10.6. The monoisotopic (exact) mass is 455 g/mol. The van der Waals surface area contributed by atoms with Gasteiger partial charge in [-0.05, 0) is 55.3 Å². The number of carbonyl (C=O) groups excluding carboxylic acids is 2. The van der Waals surface area contributed by atoms with Crippen molar-refractivity contribution in [3.05, 3.63) is 56.7 Å². The molecule has 2 aromatic heterocycles. The van der Waals surface area contributed by atoms with Crippen LogP contribution in [-0.4, -0.2) is 30.1 Å². The van der Waals surface area contributed by atoms with Crippen molar-refractivity contribution in [3.8, 4) is 11.5 Å². The first-order valence-corrected chi connectivity index (χ1v) is 11.9. The van der Waals surface area contributed by atoms with Crippen LogP contribution in [-0.2, 0) is 17.6 Å². The second kappa shape index (κ2) is 8.68. The Balaban J connectivity index is 1.25. The predicted octanol–water partition coefficient (Wildman–Crippen LogP) is 3.96. The third-order valence-electron chi connectivity index (χ3n) is 5.38. The van der Waals surface area contributed by atoms with E-state index < -0.39 is 0 Å². The quantitative estimate of drug-likeness (QED) is 0.587. The second-order valence-corrected chi connectivity index (χ2v) is 9.53. The lowest BCUT2D eigenvalue weighted by atomic mass is 9.90. The minimum Gasteiger partial charge on any atom is -0.454 e. The first-order valence-electron chi connectivity index (χ1n) is 10.2. The van der Waals surface area contributed by atoms with Gasteiger partial charge >= 0.3 is 0 Å². The third kappa shape index (κ3) is 4.28. The Morgan fingerprint density at radius 1 is 1.19 bits per heavy atom. The van der Waals surface area contributed by atoms with Crippen molar-refractivity contribution >= 4 is 39.6 Å². The van der Waals surface area contributed by atoms with Crippen LogP contribution in [0.15, 0.2) is 35.7 Å². The maximum atomic E-state index is 12.8. The molecule has 0 bridgehead atoms. The van der Waals surface area contributed by atoms with Gasteiger partial charge in [0.15, 0.2) is 16.6 Å². The molecule has 1 aliphatic carbocycles. The Hall–Kier alpha value is -2.91. The van der Waals surface area contributed by atoms with E-state index in [9.17, 15) is 9.59 Å². The number of hydrogen-bond acceptors (Lipinski definition) is 7. The standard InChI is InChI=1S/C22H21N3O4S2/c26-20(13-6-7-16-17(11-13)29-12-28-16)25-22-24-19-15(4-1-5-18(19)31-22)21(27)23-9-8-14-3-2-10-30-14/h2-3,6-7,10-11,15H,1,4-5,8-9,12H2,(H,23,27)(H,24,25,26). The summed E-state index contributed by atoms with van der Waals surface area (Å²) in [5.74, 6) is 0.678. The number of hydrogen-bond donors (Lipinski definition) is 2. The highest BCUT2D eigenvalue weighted by molar-refractivity contribution is 7.16. The van der Waals surface area contributed by atoms with Crippen molar-refractivity contribution in [2.75, 3.05) is 18.7 Å². The molecule has 5 rings (SSSR count). The van der Waals surface area contributed by atoms with Crippen molar-refractivity contribution < 1.29 is 19.1 Å². The van der Waals surface area contributed by atoms with E-state index in [-0.39, 0.29) is 24.5 Å². The highest BCUT2D eigenvalue weighted by Crippen LogP contribution is 2.37. The smallest absolute Gasteiger partial charge is 0.257 e. The van der Waals surface area contributed by atoms with Crippen molar-refractivity contribution in [2.24, 2.45) is 0 Å². The SMILES string of the molecule is O=C(Nc1nc2c(s1)CCCC2C(=O)NCCc1cccs1)c1ccc2c(c1)OCO2. The first kappa shape index (κ1) is 20.0. The van der Waals surface area contributed by atoms with Crippen LogP contribution in [0.4, 0.5) is 5.13 Å². The number of ether oxygens (including phenoxy) is 2. The molecule has 0 fully saturated rings. The van der Waals surface area contributed by atoms with Gasteiger partial charge < -0.3 is 14.8 Å². The van der Waals surface area contributed by atoms with Crippen molar-refractivity contribution in [1.82, 2.24) is 10.3 Å². The molecule has 0 saturated carbocycles. The molecule has 0 spiro atoms. The lowest BCUT2D eigenvalue weighted by molar-refractivity contribution is -0.122. The summed E-state index contributed by atoms with van der Waals surface area (Å²) in [6.07, 6.45) is 3.42. The number of fused-ring (bicyclic) bond motifs is 2. The number of nitrogens with zero attached hydrogens (tertiary/aromatic N) is 1. The fourth-order valence-corrected chi connectivity index (χ4v) is 5.59. The van der Waals surface area contributed by atoms with Gasteiger partial charge in [0, 0.05) is 21.9 Å². The number of thiophene rings is 1. The summed E-state index contributed by atoms with van der Waals surface area (Å²) in [5, 5.41) is 8.48. The van der Waals surface area contributed by atoms with Gasteiger partial charge in [0.2, 0.25) is 12.7 Å². The van der Waals surface area contributed by atoms with Crippen LogP contribution in [0, 0.1) is 0 Å². The van der Waals surface area contributed by atoms with Crippen molar-refractivity contribution in [3.63, 3.8) is 0 Å². The minimum absolute atomic E-state index is 0.0106. The maximum Gasteiger partial charge on any atom is 0.257 e. The molecule has 9 heteroatoms. The second-order valence-electron chi connectivity index (χ2n) is 7.41. The normalized spacial score (nSPS) is 16.6. The van der Waals surface area contributed by atoms with Gasteiger partial charge in [-0.25, -0.2) is 4.98 Å². The number of aryl methyl sites for hydroxylation is 1. The van der Waals surface area contributed by atoms with Crippen molar-refractivity contribution in [1.29, 1.82) is 0 Å². The number of thiazole rings is 1. The van der Waals surface area contributed by atoms with Crippen LogP contribution in [0.1, 0.15) is 44.6 Å². The Morgan fingerprint density at radius 3 is 2.97 bits per heavy atom. The predicted molar refractivity (Wildman–Crippen MR) is 119 cm³/mol. The van der Waals surface area contributed by atoms with E-state index in [0.717, 1.165) is 36.3 Å². The van der Waals surface area contributed by atoms with E-state index in [1.807, 2.05) is 11.4 Å². The number of aromatic nitrogens is 1. The fraction of sp³-hybridized carbons (Fsp3) is 0.318. The summed E-state index contributed by atoms with van der Waals surface area (Å²) in [4.78, 5) is 32.4. The van der Waals surface area contributed by atoms with Gasteiger partial charge in [0.1, 0.15) is 0 Å². The molecule has 31 heavy (non-hydrogen) atoms. The summed E-state index contributed by atoms with van der Waals surface area (Å²) in [6.45, 7) is 0.777. The lowest BCUT2D eigenvalue weighted by Crippen LogP contribution is -2.32. The molecule has 7 nitrogen and oxygen atoms in total. The minimum atomic E-state index is -0.264. The molecule has 3 heterocycles. The Morgan fingerprint density at radius 2 is 2.10 bits per heavy atom. The van der Waals surface area contributed by atoms with Gasteiger partial charge in [-0.15, -0.1) is 22.7 Å². The summed E-state index contributed by atoms with van der Waals surface area (Å²) in [5.41, 5.74) is 1.27. The molecule has 1 atom stereocenters. The Kier molecular flexibility index (Phi) is 5.61. The van der Waals surface area contributed by atoms with E-state index in [4.69, 9.17) is 9.47 Å². The topological polar surface area (TPSA) is 89.6 Å². The van der Waals surface area contributed by atoms with Gasteiger partial charge in [-0.3, -0.25) is 14.9 Å².